The number of carbonyl (C=O) groups excluding carboxylic acids is 2. The topological polar surface area (TPSA) is 126 Å². The Morgan fingerprint density at radius 2 is 1.32 bits per heavy atom. The number of aromatic nitrogens is 4. The van der Waals surface area contributed by atoms with Crippen molar-refractivity contribution in [3.63, 3.8) is 0 Å². The van der Waals surface area contributed by atoms with E-state index in [1.807, 2.05) is 59.2 Å². The van der Waals surface area contributed by atoms with Gasteiger partial charge in [-0.2, -0.15) is 10.2 Å². The second kappa shape index (κ2) is 15.4. The highest BCUT2D eigenvalue weighted by Crippen LogP contribution is 2.56. The summed E-state index contributed by atoms with van der Waals surface area (Å²) in [5.74, 6) is -0.163. The van der Waals surface area contributed by atoms with E-state index in [4.69, 9.17) is 4.74 Å². The molecule has 2 aromatic heterocycles. The first-order chi connectivity index (χ1) is 26.5. The Balaban J connectivity index is 1.11. The predicted molar refractivity (Wildman–Crippen MR) is 207 cm³/mol. The molecule has 0 bridgehead atoms. The monoisotopic (exact) mass is 772 g/mol. The van der Waals surface area contributed by atoms with Gasteiger partial charge in [0, 0.05) is 54.3 Å². The highest BCUT2D eigenvalue weighted by Gasteiger charge is 2.43. The molecule has 2 N–H and O–H groups in total. The molecule has 4 heterocycles. The molecule has 4 aromatic rings. The molecule has 13 heteroatoms. The van der Waals surface area contributed by atoms with Gasteiger partial charge < -0.3 is 24.7 Å². The second-order valence-electron chi connectivity index (χ2n) is 17.1. The number of halogens is 2. The molecule has 2 amide bonds. The number of benzene rings is 2. The lowest BCUT2D eigenvalue weighted by atomic mass is 9.94. The van der Waals surface area contributed by atoms with Gasteiger partial charge in [0.15, 0.2) is 0 Å². The normalized spacial score (nSPS) is 24.4. The Kier molecular flexibility index (Phi) is 10.9. The second-order valence-corrected chi connectivity index (χ2v) is 17.1. The van der Waals surface area contributed by atoms with Gasteiger partial charge in [0.25, 0.3) is 18.2 Å². The van der Waals surface area contributed by atoms with E-state index < -0.39 is 24.2 Å². The van der Waals surface area contributed by atoms with Gasteiger partial charge in [-0.15, -0.1) is 0 Å². The van der Waals surface area contributed by atoms with Gasteiger partial charge in [0.1, 0.15) is 12.4 Å². The van der Waals surface area contributed by atoms with Gasteiger partial charge in [-0.1, -0.05) is 24.3 Å². The van der Waals surface area contributed by atoms with Crippen molar-refractivity contribution in [3.8, 4) is 5.75 Å². The van der Waals surface area contributed by atoms with E-state index in [0.717, 1.165) is 48.8 Å². The summed E-state index contributed by atoms with van der Waals surface area (Å²) in [5.41, 5.74) is 2.06. The van der Waals surface area contributed by atoms with Crippen molar-refractivity contribution < 1.29 is 33.3 Å². The summed E-state index contributed by atoms with van der Waals surface area (Å²) in [5, 5.41) is 30.0. The van der Waals surface area contributed by atoms with Gasteiger partial charge in [-0.3, -0.25) is 19.0 Å². The molecular weight excluding hydrogens is 719 g/mol. The molecule has 0 radical (unpaired) electrons. The molecule has 7 rings (SSSR count). The first-order valence-corrected chi connectivity index (χ1v) is 19.8. The molecule has 2 aliphatic heterocycles. The number of hydrogen-bond acceptors (Lipinski definition) is 7. The van der Waals surface area contributed by atoms with E-state index in [9.17, 15) is 28.6 Å². The van der Waals surface area contributed by atoms with Crippen molar-refractivity contribution in [1.29, 1.82) is 0 Å². The van der Waals surface area contributed by atoms with Crippen LogP contribution in [0.3, 0.4) is 0 Å². The summed E-state index contributed by atoms with van der Waals surface area (Å²) in [4.78, 5) is 32.5. The fourth-order valence-electron chi connectivity index (χ4n) is 8.34. The zero-order chi connectivity index (χ0) is 40.1. The summed E-state index contributed by atoms with van der Waals surface area (Å²) in [7, 11) is 0. The molecule has 0 spiro atoms. The van der Waals surface area contributed by atoms with E-state index >= 15 is 0 Å². The summed E-state index contributed by atoms with van der Waals surface area (Å²) < 4.78 is 35.9. The summed E-state index contributed by atoms with van der Waals surface area (Å²) in [6.45, 7) is 11.0. The minimum Gasteiger partial charge on any atom is -0.487 e. The largest absolute Gasteiger partial charge is 0.487 e. The molecule has 2 saturated heterocycles. The molecular formula is C43H54F2N6O5. The Morgan fingerprint density at radius 1 is 0.786 bits per heavy atom. The smallest absolute Gasteiger partial charge is 0.272 e. The lowest BCUT2D eigenvalue weighted by molar-refractivity contribution is 0.0538. The molecule has 300 valence electrons. The quantitative estimate of drug-likeness (QED) is 0.166. The zero-order valence-corrected chi connectivity index (χ0v) is 33.1. The fraction of sp³-hybridized carbons (Fsp3) is 0.535. The molecule has 56 heavy (non-hydrogen) atoms. The molecule has 6 atom stereocenters. The van der Waals surface area contributed by atoms with Crippen LogP contribution in [0.15, 0.2) is 67.3 Å². The Morgan fingerprint density at radius 3 is 1.84 bits per heavy atom. The number of piperidine rings is 2. The van der Waals surface area contributed by atoms with Crippen LogP contribution in [0, 0.1) is 0 Å². The van der Waals surface area contributed by atoms with Crippen LogP contribution in [-0.4, -0.2) is 89.6 Å². The minimum atomic E-state index is -2.70. The maximum Gasteiger partial charge on any atom is 0.272 e. The number of rotatable bonds is 11. The molecule has 11 nitrogen and oxygen atoms in total. The van der Waals surface area contributed by atoms with Gasteiger partial charge >= 0.3 is 0 Å². The van der Waals surface area contributed by atoms with Gasteiger partial charge in [-0.25, -0.2) is 8.78 Å². The number of alkyl halides is 2. The number of hydrogen-bond donors (Lipinski definition) is 2. The molecule has 3 fully saturated rings. The Labute approximate surface area is 327 Å². The highest BCUT2D eigenvalue weighted by molar-refractivity contribution is 5.98. The predicted octanol–water partition coefficient (Wildman–Crippen LogP) is 7.18. The molecule has 3 aliphatic rings. The number of ether oxygens (including phenoxy) is 1. The lowest BCUT2D eigenvalue weighted by Crippen LogP contribution is -2.46. The van der Waals surface area contributed by atoms with E-state index in [1.165, 1.54) is 0 Å². The van der Waals surface area contributed by atoms with Crippen molar-refractivity contribution in [2.24, 2.45) is 0 Å². The molecule has 2 unspecified atom stereocenters. The van der Waals surface area contributed by atoms with Crippen LogP contribution in [0.5, 0.6) is 5.75 Å². The summed E-state index contributed by atoms with van der Waals surface area (Å²) in [6, 6.07) is 12.8. The van der Waals surface area contributed by atoms with Crippen molar-refractivity contribution in [2.45, 2.75) is 127 Å². The van der Waals surface area contributed by atoms with Crippen LogP contribution in [0.4, 0.5) is 8.78 Å². The number of carbonyl (C=O) groups is 2. The van der Waals surface area contributed by atoms with Crippen LogP contribution in [-0.2, 0) is 11.2 Å². The standard InChI is InChI=1S/C43H54F2N6O5/c1-26-11-14-31(50-21-29(19-46-50)42(3,4)54)23-48(26)40(52)34-10-8-7-9-33(34)36-18-35(36)28-13-16-38(56-25-39(44)45)37(17-28)41(53)49-24-32(15-12-27(49)2)51-22-30(20-47-51)43(5,6)55/h7-10,13,16-17,19-22,26-27,31-32,35-36,39,54-55H,11-12,14-15,18,23-25H2,1-6H3/t26-,27-,31-,32-,35?,36?/m1/s1. The Hall–Kier alpha value is -4.62. The number of likely N-dealkylation sites (tertiary alicyclic amines) is 2. The molecule has 2 aromatic carbocycles. The van der Waals surface area contributed by atoms with E-state index in [2.05, 4.69) is 17.1 Å². The van der Waals surface area contributed by atoms with E-state index in [1.54, 1.807) is 61.8 Å². The first kappa shape index (κ1) is 39.6. The third-order valence-electron chi connectivity index (χ3n) is 12.0. The van der Waals surface area contributed by atoms with E-state index in [-0.39, 0.29) is 59.1 Å². The number of nitrogens with zero attached hydrogens (tertiary/aromatic N) is 6. The van der Waals surface area contributed by atoms with Crippen LogP contribution < -0.4 is 4.74 Å². The van der Waals surface area contributed by atoms with Gasteiger partial charge in [0.05, 0.1) is 41.2 Å². The average Bonchev–Trinajstić information content (AvgIpc) is 3.50. The average molecular weight is 773 g/mol. The third-order valence-corrected chi connectivity index (χ3v) is 12.0. The third kappa shape index (κ3) is 8.25. The van der Waals surface area contributed by atoms with Gasteiger partial charge in [0.2, 0.25) is 0 Å². The summed E-state index contributed by atoms with van der Waals surface area (Å²) in [6.07, 6.45) is 8.27. The van der Waals surface area contributed by atoms with Crippen molar-refractivity contribution >= 4 is 11.8 Å². The maximum atomic E-state index is 14.4. The van der Waals surface area contributed by atoms with Gasteiger partial charge in [-0.05, 0) is 115 Å². The number of amides is 2. The Bertz CT molecular complexity index is 2050. The lowest BCUT2D eigenvalue weighted by Gasteiger charge is -2.38. The van der Waals surface area contributed by atoms with Crippen LogP contribution in [0.25, 0.3) is 0 Å². The molecule has 1 aliphatic carbocycles. The highest BCUT2D eigenvalue weighted by atomic mass is 19.3. The number of aliphatic hydroxyl groups is 2. The molecule has 1 saturated carbocycles. The van der Waals surface area contributed by atoms with Crippen LogP contribution in [0.1, 0.15) is 141 Å². The minimum absolute atomic E-state index is 0.0172. The summed E-state index contributed by atoms with van der Waals surface area (Å²) >= 11 is 0. The van der Waals surface area contributed by atoms with Crippen molar-refractivity contribution in [1.82, 2.24) is 29.4 Å². The maximum absolute atomic E-state index is 14.4. The SMILES string of the molecule is C[C@@H]1CC[C@@H](n2cc(C(C)(C)O)cn2)CN1C(=O)c1cc(C2CC2c2ccccc2C(=O)N2C[C@H](n3cc(C(C)(C)O)cn3)CC[C@H]2C)ccc1OCC(F)F. The zero-order valence-electron chi connectivity index (χ0n) is 33.1. The van der Waals surface area contributed by atoms with Crippen LogP contribution in [0.2, 0.25) is 0 Å². The fourth-order valence-corrected chi connectivity index (χ4v) is 8.34. The van der Waals surface area contributed by atoms with Crippen molar-refractivity contribution in [3.05, 3.63) is 101 Å². The van der Waals surface area contributed by atoms with Crippen molar-refractivity contribution in [2.75, 3.05) is 19.7 Å². The van der Waals surface area contributed by atoms with E-state index in [0.29, 0.717) is 24.2 Å². The van der Waals surface area contributed by atoms with Crippen LogP contribution >= 0.6 is 0 Å². The first-order valence-electron chi connectivity index (χ1n) is 19.8.